The number of hydrogen-bond donors (Lipinski definition) is 1. The molecular formula is C22H15N5OS. The molecule has 4 aromatic rings. The lowest BCUT2D eigenvalue weighted by Gasteiger charge is -2.05. The Labute approximate surface area is 172 Å². The maximum atomic E-state index is 7.18. The number of para-hydroxylation sites is 3. The van der Waals surface area contributed by atoms with E-state index >= 15 is 0 Å². The summed E-state index contributed by atoms with van der Waals surface area (Å²) in [7, 11) is 0. The molecule has 7 heteroatoms. The van der Waals surface area contributed by atoms with Gasteiger partial charge in [-0.15, -0.1) is 0 Å². The molecule has 0 radical (unpaired) electrons. The average molecular weight is 397 g/mol. The number of aromatic nitrogens is 3. The van der Waals surface area contributed by atoms with E-state index in [0.717, 1.165) is 16.7 Å². The zero-order chi connectivity index (χ0) is 19.9. The second kappa shape index (κ2) is 8.83. The highest BCUT2D eigenvalue weighted by Crippen LogP contribution is 2.32. The van der Waals surface area contributed by atoms with Crippen LogP contribution in [0.2, 0.25) is 0 Å². The van der Waals surface area contributed by atoms with Crippen LogP contribution in [0.25, 0.3) is 15.7 Å². The minimum Gasteiger partial charge on any atom is -0.443 e. The van der Waals surface area contributed by atoms with Gasteiger partial charge in [-0.05, 0) is 24.1 Å². The van der Waals surface area contributed by atoms with Gasteiger partial charge in [0.1, 0.15) is 23.6 Å². The molecule has 0 atom stereocenters. The Balaban J connectivity index is 1.34. The van der Waals surface area contributed by atoms with Crippen molar-refractivity contribution in [1.82, 2.24) is 15.0 Å². The molecule has 140 valence electrons. The van der Waals surface area contributed by atoms with E-state index in [-0.39, 0.29) is 0 Å². The Morgan fingerprint density at radius 3 is 2.90 bits per heavy atom. The van der Waals surface area contributed by atoms with Crippen LogP contribution in [-0.2, 0) is 0 Å². The Hall–Kier alpha value is -3.94. The average Bonchev–Trinajstić information content (AvgIpc) is 3.21. The maximum Gasteiger partial charge on any atom is 0.278 e. The molecule has 0 saturated heterocycles. The van der Waals surface area contributed by atoms with Crippen LogP contribution in [0.3, 0.4) is 0 Å². The van der Waals surface area contributed by atoms with Crippen LogP contribution in [0.1, 0.15) is 12.1 Å². The zero-order valence-electron chi connectivity index (χ0n) is 15.3. The first-order valence-electron chi connectivity index (χ1n) is 8.86. The number of benzene rings is 2. The van der Waals surface area contributed by atoms with Crippen LogP contribution in [0, 0.1) is 18.4 Å². The number of nitrogens with zero attached hydrogens (tertiary/aromatic N) is 4. The Kier molecular flexibility index (Phi) is 5.61. The second-order valence-corrected chi connectivity index (χ2v) is 6.72. The van der Waals surface area contributed by atoms with E-state index in [2.05, 4.69) is 37.0 Å². The van der Waals surface area contributed by atoms with Gasteiger partial charge in [0.15, 0.2) is 0 Å². The van der Waals surface area contributed by atoms with Crippen molar-refractivity contribution in [2.45, 2.75) is 6.42 Å². The first-order valence-corrected chi connectivity index (χ1v) is 9.74. The third kappa shape index (κ3) is 4.49. The lowest BCUT2D eigenvalue weighted by molar-refractivity contribution is 0.481. The van der Waals surface area contributed by atoms with Crippen LogP contribution < -0.4 is 10.1 Å². The highest BCUT2D eigenvalue weighted by Gasteiger charge is 2.07. The summed E-state index contributed by atoms with van der Waals surface area (Å²) in [4.78, 5) is 16.4. The topological polar surface area (TPSA) is 64.3 Å². The molecule has 0 bridgehead atoms. The highest BCUT2D eigenvalue weighted by atomic mass is 32.1. The quantitative estimate of drug-likeness (QED) is 0.282. The molecule has 0 saturated carbocycles. The van der Waals surface area contributed by atoms with Gasteiger partial charge in [-0.2, -0.15) is 4.98 Å². The van der Waals surface area contributed by atoms with Gasteiger partial charge in [0.05, 0.1) is 12.1 Å². The summed E-state index contributed by atoms with van der Waals surface area (Å²) < 4.78 is 5.71. The van der Waals surface area contributed by atoms with E-state index in [1.54, 1.807) is 24.5 Å². The molecule has 0 amide bonds. The van der Waals surface area contributed by atoms with Gasteiger partial charge in [0, 0.05) is 23.7 Å². The van der Waals surface area contributed by atoms with Crippen LogP contribution >= 0.6 is 11.3 Å². The fraction of sp³-hybridized carbons (Fsp3) is 0.0909. The molecule has 0 aliphatic heterocycles. The number of anilines is 1. The molecule has 6 nitrogen and oxygen atoms in total. The normalized spacial score (nSPS) is 10.0. The van der Waals surface area contributed by atoms with E-state index < -0.39 is 0 Å². The highest BCUT2D eigenvalue weighted by molar-refractivity contribution is 7.11. The summed E-state index contributed by atoms with van der Waals surface area (Å²) >= 11 is 1.35. The van der Waals surface area contributed by atoms with Gasteiger partial charge >= 0.3 is 0 Å². The number of rotatable bonds is 5. The van der Waals surface area contributed by atoms with E-state index in [1.165, 1.54) is 11.3 Å². The van der Waals surface area contributed by atoms with E-state index in [4.69, 9.17) is 11.3 Å². The predicted molar refractivity (Wildman–Crippen MR) is 114 cm³/mol. The molecule has 0 fully saturated rings. The fourth-order valence-corrected chi connectivity index (χ4v) is 3.25. The summed E-state index contributed by atoms with van der Waals surface area (Å²) in [5.41, 5.74) is 2.02. The molecule has 2 aromatic heterocycles. The summed E-state index contributed by atoms with van der Waals surface area (Å²) in [6, 6.07) is 15.0. The molecule has 2 aromatic carbocycles. The minimum atomic E-state index is 0.457. The third-order valence-corrected chi connectivity index (χ3v) is 4.69. The van der Waals surface area contributed by atoms with Gasteiger partial charge in [0.2, 0.25) is 5.69 Å². The monoisotopic (exact) mass is 397 g/mol. The molecule has 0 aliphatic carbocycles. The van der Waals surface area contributed by atoms with Crippen LogP contribution in [0.15, 0.2) is 60.2 Å². The molecule has 0 spiro atoms. The third-order valence-electron chi connectivity index (χ3n) is 3.97. The van der Waals surface area contributed by atoms with Crippen LogP contribution in [0.5, 0.6) is 10.9 Å². The van der Waals surface area contributed by atoms with Gasteiger partial charge in [0.25, 0.3) is 5.19 Å². The van der Waals surface area contributed by atoms with Gasteiger partial charge in [-0.3, -0.25) is 0 Å². The van der Waals surface area contributed by atoms with Crippen molar-refractivity contribution in [3.05, 3.63) is 77.3 Å². The fourth-order valence-electron chi connectivity index (χ4n) is 2.63. The van der Waals surface area contributed by atoms with Crippen LogP contribution in [0.4, 0.5) is 11.5 Å². The molecule has 0 unspecified atom stereocenters. The van der Waals surface area contributed by atoms with E-state index in [0.29, 0.717) is 35.3 Å². The Bertz CT molecular complexity index is 1240. The van der Waals surface area contributed by atoms with Crippen molar-refractivity contribution in [3.8, 4) is 22.8 Å². The molecule has 29 heavy (non-hydrogen) atoms. The minimum absolute atomic E-state index is 0.457. The SMILES string of the molecule is [C-]#[N+]c1ccccc1Oc1nc(C#CCCNc2ncnc3ccccc23)cs1. The Morgan fingerprint density at radius 2 is 1.97 bits per heavy atom. The van der Waals surface area contributed by atoms with Gasteiger partial charge in [-0.25, -0.2) is 14.8 Å². The summed E-state index contributed by atoms with van der Waals surface area (Å²) in [5, 5.41) is 6.60. The van der Waals surface area contributed by atoms with Crippen molar-refractivity contribution < 1.29 is 4.74 Å². The number of thiazole rings is 1. The van der Waals surface area contributed by atoms with Crippen molar-refractivity contribution in [1.29, 1.82) is 0 Å². The van der Waals surface area contributed by atoms with E-state index in [1.807, 2.05) is 35.7 Å². The van der Waals surface area contributed by atoms with Crippen LogP contribution in [-0.4, -0.2) is 21.5 Å². The lowest BCUT2D eigenvalue weighted by Crippen LogP contribution is -2.03. The van der Waals surface area contributed by atoms with Crippen molar-refractivity contribution >= 4 is 33.7 Å². The van der Waals surface area contributed by atoms with Gasteiger partial charge in [-0.1, -0.05) is 47.6 Å². The van der Waals surface area contributed by atoms with E-state index in [9.17, 15) is 0 Å². The second-order valence-electron chi connectivity index (χ2n) is 5.90. The lowest BCUT2D eigenvalue weighted by atomic mass is 10.2. The van der Waals surface area contributed by atoms with Gasteiger partial charge < -0.3 is 10.1 Å². The van der Waals surface area contributed by atoms with Crippen molar-refractivity contribution in [2.24, 2.45) is 0 Å². The number of ether oxygens (including phenoxy) is 1. The Morgan fingerprint density at radius 1 is 1.10 bits per heavy atom. The van der Waals surface area contributed by atoms with Crippen molar-refractivity contribution in [2.75, 3.05) is 11.9 Å². The first-order chi connectivity index (χ1) is 14.3. The number of fused-ring (bicyclic) bond motifs is 1. The molecule has 1 N–H and O–H groups in total. The number of hydrogen-bond acceptors (Lipinski definition) is 6. The number of nitrogens with one attached hydrogen (secondary N) is 1. The predicted octanol–water partition coefficient (Wildman–Crippen LogP) is 5.28. The molecular weight excluding hydrogens is 382 g/mol. The molecule has 0 aliphatic rings. The summed E-state index contributed by atoms with van der Waals surface area (Å²) in [6.07, 6.45) is 2.20. The molecule has 4 rings (SSSR count). The van der Waals surface area contributed by atoms with Crippen molar-refractivity contribution in [3.63, 3.8) is 0 Å². The largest absolute Gasteiger partial charge is 0.443 e. The smallest absolute Gasteiger partial charge is 0.278 e. The maximum absolute atomic E-state index is 7.18. The summed E-state index contributed by atoms with van der Waals surface area (Å²) in [6.45, 7) is 7.85. The summed E-state index contributed by atoms with van der Waals surface area (Å²) in [5.74, 6) is 7.45. The standard InChI is InChI=1S/C22H15N5OS/c1-23-19-11-4-5-12-20(19)28-22-27-16(14-29-22)8-6-7-13-24-21-17-9-2-3-10-18(17)25-15-26-21/h2-5,9-12,14-15H,7,13H2,(H,24,25,26). The first kappa shape index (κ1) is 18.4. The molecule has 2 heterocycles. The zero-order valence-corrected chi connectivity index (χ0v) is 16.1.